The average molecular weight is 228 g/mol. The third kappa shape index (κ3) is 5.36. The summed E-state index contributed by atoms with van der Waals surface area (Å²) in [5.74, 6) is 6.40. The zero-order valence-corrected chi connectivity index (χ0v) is 10.8. The van der Waals surface area contributed by atoms with Gasteiger partial charge in [0, 0.05) is 17.5 Å². The van der Waals surface area contributed by atoms with Crippen LogP contribution in [0.25, 0.3) is 0 Å². The number of hydrogen-bond acceptors (Lipinski definition) is 1. The maximum Gasteiger partial charge on any atom is 0.159 e. The number of carbonyl (C=O) groups excluding carboxylic acids is 1. The minimum Gasteiger partial charge on any atom is -0.295 e. The molecule has 0 radical (unpaired) electrons. The molecule has 0 bridgehead atoms. The third-order valence-corrected chi connectivity index (χ3v) is 2.68. The van der Waals surface area contributed by atoms with Gasteiger partial charge in [-0.25, -0.2) is 0 Å². The Bertz CT molecular complexity index is 403. The summed E-state index contributed by atoms with van der Waals surface area (Å²) in [5.41, 5.74) is 1.74. The summed E-state index contributed by atoms with van der Waals surface area (Å²) in [4.78, 5) is 11.1. The lowest BCUT2D eigenvalue weighted by Gasteiger charge is -1.95. The van der Waals surface area contributed by atoms with E-state index in [2.05, 4.69) is 18.8 Å². The summed E-state index contributed by atoms with van der Waals surface area (Å²) in [6, 6.07) is 7.50. The number of ketones is 1. The lowest BCUT2D eigenvalue weighted by atomic mass is 10.1. The molecule has 0 aliphatic heterocycles. The standard InChI is InChI=1S/C16H20O/c1-3-4-5-6-7-8-9-15-10-12-16(13-11-15)14(2)17/h10-13H,3-7H2,1-2H3. The fourth-order valence-electron chi connectivity index (χ4n) is 1.59. The maximum absolute atomic E-state index is 11.1. The normalized spacial score (nSPS) is 9.53. The smallest absolute Gasteiger partial charge is 0.159 e. The minimum atomic E-state index is 0.101. The number of unbranched alkanes of at least 4 members (excludes halogenated alkanes) is 4. The van der Waals surface area contributed by atoms with Crippen LogP contribution in [-0.4, -0.2) is 5.78 Å². The molecule has 1 aromatic rings. The van der Waals surface area contributed by atoms with Gasteiger partial charge in [0.05, 0.1) is 0 Å². The molecule has 0 amide bonds. The van der Waals surface area contributed by atoms with Crippen molar-refractivity contribution < 1.29 is 4.79 Å². The largest absolute Gasteiger partial charge is 0.295 e. The van der Waals surface area contributed by atoms with Crippen LogP contribution in [0, 0.1) is 11.8 Å². The molecule has 1 heteroatoms. The van der Waals surface area contributed by atoms with Gasteiger partial charge in [-0.1, -0.05) is 50.2 Å². The van der Waals surface area contributed by atoms with Crippen LogP contribution < -0.4 is 0 Å². The van der Waals surface area contributed by atoms with Crippen molar-refractivity contribution in [2.24, 2.45) is 0 Å². The lowest BCUT2D eigenvalue weighted by Crippen LogP contribution is -1.90. The predicted molar refractivity (Wildman–Crippen MR) is 72.1 cm³/mol. The molecule has 1 rings (SSSR count). The maximum atomic E-state index is 11.1. The van der Waals surface area contributed by atoms with Crippen LogP contribution >= 0.6 is 0 Å². The first-order valence-electron chi connectivity index (χ1n) is 6.34. The summed E-state index contributed by atoms with van der Waals surface area (Å²) in [5, 5.41) is 0. The molecule has 0 heterocycles. The molecule has 0 aliphatic rings. The van der Waals surface area contributed by atoms with E-state index in [-0.39, 0.29) is 5.78 Å². The Kier molecular flexibility index (Phi) is 6.10. The monoisotopic (exact) mass is 228 g/mol. The van der Waals surface area contributed by atoms with Crippen molar-refractivity contribution in [3.8, 4) is 11.8 Å². The second-order valence-corrected chi connectivity index (χ2v) is 4.25. The van der Waals surface area contributed by atoms with Crippen molar-refractivity contribution in [1.29, 1.82) is 0 Å². The predicted octanol–water partition coefficient (Wildman–Crippen LogP) is 4.21. The Balaban J connectivity index is 2.41. The van der Waals surface area contributed by atoms with E-state index in [9.17, 15) is 4.79 Å². The van der Waals surface area contributed by atoms with Crippen LogP contribution in [0.2, 0.25) is 0 Å². The second kappa shape index (κ2) is 7.68. The first-order chi connectivity index (χ1) is 8.24. The van der Waals surface area contributed by atoms with E-state index >= 15 is 0 Å². The molecule has 1 nitrogen and oxygen atoms in total. The molecular formula is C16H20O. The highest BCUT2D eigenvalue weighted by Crippen LogP contribution is 2.05. The van der Waals surface area contributed by atoms with E-state index in [4.69, 9.17) is 0 Å². The van der Waals surface area contributed by atoms with Gasteiger partial charge >= 0.3 is 0 Å². The Labute approximate surface area is 104 Å². The Morgan fingerprint density at radius 1 is 1.12 bits per heavy atom. The van der Waals surface area contributed by atoms with E-state index < -0.39 is 0 Å². The summed E-state index contributed by atoms with van der Waals surface area (Å²) in [6.45, 7) is 3.79. The van der Waals surface area contributed by atoms with E-state index in [1.54, 1.807) is 6.92 Å². The van der Waals surface area contributed by atoms with Gasteiger partial charge in [-0.2, -0.15) is 0 Å². The molecule has 0 unspecified atom stereocenters. The highest BCUT2D eigenvalue weighted by atomic mass is 16.1. The summed E-state index contributed by atoms with van der Waals surface area (Å²) in [6.07, 6.45) is 5.99. The zero-order valence-electron chi connectivity index (χ0n) is 10.8. The molecule has 0 spiro atoms. The van der Waals surface area contributed by atoms with Gasteiger partial charge < -0.3 is 0 Å². The molecule has 0 fully saturated rings. The van der Waals surface area contributed by atoms with Crippen molar-refractivity contribution in [1.82, 2.24) is 0 Å². The Morgan fingerprint density at radius 3 is 2.41 bits per heavy atom. The van der Waals surface area contributed by atoms with Crippen LogP contribution in [-0.2, 0) is 0 Å². The summed E-state index contributed by atoms with van der Waals surface area (Å²) >= 11 is 0. The average Bonchev–Trinajstić information content (AvgIpc) is 2.34. The number of Topliss-reactive ketones (excluding diaryl/α,β-unsaturated/α-hetero) is 1. The van der Waals surface area contributed by atoms with Crippen molar-refractivity contribution in [2.45, 2.75) is 46.0 Å². The molecule has 0 saturated heterocycles. The fraction of sp³-hybridized carbons (Fsp3) is 0.438. The fourth-order valence-corrected chi connectivity index (χ4v) is 1.59. The minimum absolute atomic E-state index is 0.101. The van der Waals surface area contributed by atoms with Gasteiger partial charge in [0.2, 0.25) is 0 Å². The number of rotatable bonds is 5. The van der Waals surface area contributed by atoms with Gasteiger partial charge in [0.1, 0.15) is 0 Å². The molecule has 17 heavy (non-hydrogen) atoms. The molecule has 1 aromatic carbocycles. The molecule has 0 N–H and O–H groups in total. The summed E-state index contributed by atoms with van der Waals surface area (Å²) in [7, 11) is 0. The first kappa shape index (κ1) is 13.5. The highest BCUT2D eigenvalue weighted by molar-refractivity contribution is 5.94. The van der Waals surface area contributed by atoms with Gasteiger partial charge in [0.25, 0.3) is 0 Å². The third-order valence-electron chi connectivity index (χ3n) is 2.68. The van der Waals surface area contributed by atoms with Gasteiger partial charge in [-0.05, 0) is 25.5 Å². The van der Waals surface area contributed by atoms with Crippen LogP contribution in [0.3, 0.4) is 0 Å². The van der Waals surface area contributed by atoms with Crippen molar-refractivity contribution in [3.05, 3.63) is 35.4 Å². The van der Waals surface area contributed by atoms with Crippen LogP contribution in [0.5, 0.6) is 0 Å². The highest BCUT2D eigenvalue weighted by Gasteiger charge is 1.96. The molecule has 0 saturated carbocycles. The lowest BCUT2D eigenvalue weighted by molar-refractivity contribution is 0.101. The van der Waals surface area contributed by atoms with Gasteiger partial charge in [-0.3, -0.25) is 4.79 Å². The van der Waals surface area contributed by atoms with Crippen LogP contribution in [0.4, 0.5) is 0 Å². The van der Waals surface area contributed by atoms with E-state index in [1.165, 1.54) is 25.7 Å². The van der Waals surface area contributed by atoms with Crippen molar-refractivity contribution >= 4 is 5.78 Å². The zero-order chi connectivity index (χ0) is 12.5. The van der Waals surface area contributed by atoms with E-state index in [0.717, 1.165) is 17.5 Å². The topological polar surface area (TPSA) is 17.1 Å². The van der Waals surface area contributed by atoms with E-state index in [1.807, 2.05) is 24.3 Å². The Morgan fingerprint density at radius 2 is 1.82 bits per heavy atom. The Hall–Kier alpha value is -1.55. The van der Waals surface area contributed by atoms with Gasteiger partial charge in [0.15, 0.2) is 5.78 Å². The number of hydrogen-bond donors (Lipinski definition) is 0. The quantitative estimate of drug-likeness (QED) is 0.419. The molecule has 0 atom stereocenters. The van der Waals surface area contributed by atoms with E-state index in [0.29, 0.717) is 0 Å². The van der Waals surface area contributed by atoms with Crippen molar-refractivity contribution in [2.75, 3.05) is 0 Å². The summed E-state index contributed by atoms with van der Waals surface area (Å²) < 4.78 is 0. The molecule has 90 valence electrons. The van der Waals surface area contributed by atoms with Crippen LogP contribution in [0.1, 0.15) is 61.9 Å². The first-order valence-corrected chi connectivity index (χ1v) is 6.34. The number of benzene rings is 1. The van der Waals surface area contributed by atoms with Gasteiger partial charge in [-0.15, -0.1) is 0 Å². The molecule has 0 aromatic heterocycles. The number of carbonyl (C=O) groups is 1. The molecule has 0 aliphatic carbocycles. The van der Waals surface area contributed by atoms with Crippen molar-refractivity contribution in [3.63, 3.8) is 0 Å². The second-order valence-electron chi connectivity index (χ2n) is 4.25. The van der Waals surface area contributed by atoms with Crippen LogP contribution in [0.15, 0.2) is 24.3 Å². The SMILES string of the molecule is CCCCCCC#Cc1ccc(C(C)=O)cc1. The molecular weight excluding hydrogens is 208 g/mol.